The van der Waals surface area contributed by atoms with E-state index in [0.717, 1.165) is 5.56 Å². The van der Waals surface area contributed by atoms with Crippen LogP contribution in [0.25, 0.3) is 0 Å². The van der Waals surface area contributed by atoms with Crippen LogP contribution in [0, 0.1) is 0 Å². The van der Waals surface area contributed by atoms with E-state index in [1.165, 1.54) is 0 Å². The van der Waals surface area contributed by atoms with Gasteiger partial charge in [0.2, 0.25) is 0 Å². The highest BCUT2D eigenvalue weighted by atomic mass is 16.8. The maximum atomic E-state index is 11.4. The van der Waals surface area contributed by atoms with Crippen LogP contribution in [0.2, 0.25) is 0 Å². The minimum Gasteiger partial charge on any atom is -0.479 e. The first-order valence-corrected chi connectivity index (χ1v) is 5.51. The van der Waals surface area contributed by atoms with Crippen molar-refractivity contribution in [1.82, 2.24) is 0 Å². The Morgan fingerprint density at radius 2 is 1.82 bits per heavy atom. The zero-order valence-corrected chi connectivity index (χ0v) is 10.1. The van der Waals surface area contributed by atoms with Gasteiger partial charge in [0.25, 0.3) is 0 Å². The molecule has 1 aliphatic heterocycles. The molecule has 0 bridgehead atoms. The van der Waals surface area contributed by atoms with Gasteiger partial charge in [-0.3, -0.25) is 0 Å². The molecule has 92 valence electrons. The van der Waals surface area contributed by atoms with Crippen LogP contribution < -0.4 is 0 Å². The molecule has 1 fully saturated rings. The van der Waals surface area contributed by atoms with Gasteiger partial charge in [0, 0.05) is 0 Å². The van der Waals surface area contributed by atoms with Gasteiger partial charge in [-0.1, -0.05) is 30.3 Å². The zero-order valence-electron chi connectivity index (χ0n) is 10.1. The smallest absolute Gasteiger partial charge is 0.338 e. The van der Waals surface area contributed by atoms with E-state index in [9.17, 15) is 9.90 Å². The van der Waals surface area contributed by atoms with Gasteiger partial charge in [-0.05, 0) is 26.3 Å². The number of rotatable bonds is 2. The lowest BCUT2D eigenvalue weighted by Gasteiger charge is -2.24. The third kappa shape index (κ3) is 2.06. The SMILES string of the molecule is CC1(C)O[C@H](c2ccccc2)[C@@](C)(C(=O)O)O1. The lowest BCUT2D eigenvalue weighted by Crippen LogP contribution is -2.41. The molecule has 4 heteroatoms. The van der Waals surface area contributed by atoms with Gasteiger partial charge in [-0.2, -0.15) is 0 Å². The second-order valence-electron chi connectivity index (χ2n) is 4.82. The summed E-state index contributed by atoms with van der Waals surface area (Å²) in [5, 5.41) is 9.33. The Labute approximate surface area is 100 Å². The van der Waals surface area contributed by atoms with Crippen LogP contribution >= 0.6 is 0 Å². The van der Waals surface area contributed by atoms with Crippen molar-refractivity contribution in [3.05, 3.63) is 35.9 Å². The van der Waals surface area contributed by atoms with E-state index < -0.39 is 23.5 Å². The fourth-order valence-electron chi connectivity index (χ4n) is 2.15. The average molecular weight is 236 g/mol. The number of carboxylic acid groups (broad SMARTS) is 1. The van der Waals surface area contributed by atoms with Crippen molar-refractivity contribution in [1.29, 1.82) is 0 Å². The first-order chi connectivity index (χ1) is 7.85. The highest BCUT2D eigenvalue weighted by Gasteiger charge is 2.55. The van der Waals surface area contributed by atoms with Crippen molar-refractivity contribution in [2.24, 2.45) is 0 Å². The van der Waals surface area contributed by atoms with Gasteiger partial charge >= 0.3 is 5.97 Å². The Morgan fingerprint density at radius 1 is 1.24 bits per heavy atom. The fourth-order valence-corrected chi connectivity index (χ4v) is 2.15. The summed E-state index contributed by atoms with van der Waals surface area (Å²) >= 11 is 0. The second kappa shape index (κ2) is 3.82. The van der Waals surface area contributed by atoms with Gasteiger partial charge < -0.3 is 14.6 Å². The summed E-state index contributed by atoms with van der Waals surface area (Å²) in [4.78, 5) is 11.4. The van der Waals surface area contributed by atoms with Gasteiger partial charge in [-0.15, -0.1) is 0 Å². The molecule has 0 aliphatic carbocycles. The quantitative estimate of drug-likeness (QED) is 0.856. The molecule has 0 amide bonds. The molecule has 0 saturated carbocycles. The predicted octanol–water partition coefficient (Wildman–Crippen LogP) is 2.35. The molecule has 0 unspecified atom stereocenters. The van der Waals surface area contributed by atoms with Crippen molar-refractivity contribution in [2.75, 3.05) is 0 Å². The Bertz CT molecular complexity index is 426. The third-order valence-electron chi connectivity index (χ3n) is 2.89. The molecule has 1 heterocycles. The van der Waals surface area contributed by atoms with Crippen molar-refractivity contribution >= 4 is 5.97 Å². The summed E-state index contributed by atoms with van der Waals surface area (Å²) in [6.45, 7) is 4.98. The number of ether oxygens (including phenoxy) is 2. The second-order valence-corrected chi connectivity index (χ2v) is 4.82. The summed E-state index contributed by atoms with van der Waals surface area (Å²) < 4.78 is 11.3. The van der Waals surface area contributed by atoms with E-state index in [1.807, 2.05) is 30.3 Å². The van der Waals surface area contributed by atoms with E-state index in [2.05, 4.69) is 0 Å². The monoisotopic (exact) mass is 236 g/mol. The molecule has 1 saturated heterocycles. The summed E-state index contributed by atoms with van der Waals surface area (Å²) in [7, 11) is 0. The van der Waals surface area contributed by atoms with Crippen molar-refractivity contribution < 1.29 is 19.4 Å². The lowest BCUT2D eigenvalue weighted by molar-refractivity contribution is -0.182. The van der Waals surface area contributed by atoms with E-state index in [0.29, 0.717) is 0 Å². The van der Waals surface area contributed by atoms with Gasteiger partial charge in [-0.25, -0.2) is 4.79 Å². The van der Waals surface area contributed by atoms with Crippen LogP contribution in [0.5, 0.6) is 0 Å². The minimum absolute atomic E-state index is 0.601. The molecule has 1 N–H and O–H groups in total. The first-order valence-electron chi connectivity index (χ1n) is 5.51. The highest BCUT2D eigenvalue weighted by molar-refractivity contribution is 5.78. The maximum Gasteiger partial charge on any atom is 0.338 e. The van der Waals surface area contributed by atoms with Crippen LogP contribution in [0.15, 0.2) is 30.3 Å². The van der Waals surface area contributed by atoms with Crippen LogP contribution in [0.3, 0.4) is 0 Å². The minimum atomic E-state index is -1.36. The largest absolute Gasteiger partial charge is 0.479 e. The number of carboxylic acids is 1. The molecule has 1 aromatic rings. The Morgan fingerprint density at radius 3 is 2.35 bits per heavy atom. The molecular weight excluding hydrogens is 220 g/mol. The van der Waals surface area contributed by atoms with E-state index in [-0.39, 0.29) is 0 Å². The normalized spacial score (nSPS) is 31.4. The fraction of sp³-hybridized carbons (Fsp3) is 0.462. The molecular formula is C13H16O4. The molecule has 0 spiro atoms. The van der Waals surface area contributed by atoms with E-state index >= 15 is 0 Å². The Hall–Kier alpha value is -1.39. The predicted molar refractivity (Wildman–Crippen MR) is 61.5 cm³/mol. The number of hydrogen-bond donors (Lipinski definition) is 1. The van der Waals surface area contributed by atoms with Gasteiger partial charge in [0.1, 0.15) is 6.10 Å². The molecule has 0 radical (unpaired) electrons. The van der Waals surface area contributed by atoms with Gasteiger partial charge in [0.15, 0.2) is 11.4 Å². The number of aliphatic carboxylic acids is 1. The average Bonchev–Trinajstić information content (AvgIpc) is 2.51. The Kier molecular flexibility index (Phi) is 2.72. The summed E-state index contributed by atoms with van der Waals surface area (Å²) in [6.07, 6.45) is -0.601. The van der Waals surface area contributed by atoms with Crippen molar-refractivity contribution in [3.63, 3.8) is 0 Å². The highest BCUT2D eigenvalue weighted by Crippen LogP contribution is 2.45. The standard InChI is InChI=1S/C13H16O4/c1-12(2)16-10(9-7-5-4-6-8-9)13(3,17-12)11(14)15/h4-8,10H,1-3H3,(H,14,15)/t10-,13+/m1/s1. The van der Waals surface area contributed by atoms with E-state index in [4.69, 9.17) is 9.47 Å². The Balaban J connectivity index is 2.42. The molecule has 0 aromatic heterocycles. The van der Waals surface area contributed by atoms with Crippen LogP contribution in [0.1, 0.15) is 32.4 Å². The van der Waals surface area contributed by atoms with Crippen LogP contribution in [-0.4, -0.2) is 22.5 Å². The number of benzene rings is 1. The van der Waals surface area contributed by atoms with Gasteiger partial charge in [0.05, 0.1) is 0 Å². The topological polar surface area (TPSA) is 55.8 Å². The maximum absolute atomic E-state index is 11.4. The third-order valence-corrected chi connectivity index (χ3v) is 2.89. The molecule has 2 rings (SSSR count). The summed E-state index contributed by atoms with van der Waals surface area (Å²) in [5.74, 6) is -1.91. The summed E-state index contributed by atoms with van der Waals surface area (Å²) in [5.41, 5.74) is -0.548. The van der Waals surface area contributed by atoms with Crippen molar-refractivity contribution in [2.45, 2.75) is 38.3 Å². The summed E-state index contributed by atoms with van der Waals surface area (Å²) in [6, 6.07) is 9.27. The zero-order chi connectivity index (χ0) is 12.7. The number of carbonyl (C=O) groups is 1. The van der Waals surface area contributed by atoms with Crippen LogP contribution in [-0.2, 0) is 14.3 Å². The molecule has 2 atom stereocenters. The molecule has 17 heavy (non-hydrogen) atoms. The van der Waals surface area contributed by atoms with Crippen molar-refractivity contribution in [3.8, 4) is 0 Å². The molecule has 1 aliphatic rings. The lowest BCUT2D eigenvalue weighted by atomic mass is 9.93. The molecule has 1 aromatic carbocycles. The molecule has 4 nitrogen and oxygen atoms in total. The van der Waals surface area contributed by atoms with Crippen LogP contribution in [0.4, 0.5) is 0 Å². The number of hydrogen-bond acceptors (Lipinski definition) is 3. The van der Waals surface area contributed by atoms with E-state index in [1.54, 1.807) is 20.8 Å². The first kappa shape index (κ1) is 12.1.